The smallest absolute Gasteiger partial charge is 0.276 e. The number of imidazole rings is 1. The first-order valence-corrected chi connectivity index (χ1v) is 7.84. The number of nitrogens with one attached hydrogen (secondary N) is 2. The molecule has 6 nitrogen and oxygen atoms in total. The molecule has 1 aliphatic heterocycles. The van der Waals surface area contributed by atoms with E-state index in [9.17, 15) is 4.79 Å². The summed E-state index contributed by atoms with van der Waals surface area (Å²) < 4.78 is 1.76. The van der Waals surface area contributed by atoms with Crippen LogP contribution in [0.4, 0.5) is 0 Å². The van der Waals surface area contributed by atoms with Crippen molar-refractivity contribution in [1.29, 1.82) is 0 Å². The number of fused-ring (bicyclic) bond motifs is 1. The molecule has 1 aliphatic rings. The quantitative estimate of drug-likeness (QED) is 0.897. The number of aromatic amines is 1. The van der Waals surface area contributed by atoms with Gasteiger partial charge in [-0.15, -0.1) is 0 Å². The first kappa shape index (κ1) is 14.3. The van der Waals surface area contributed by atoms with Crippen molar-refractivity contribution in [2.75, 3.05) is 13.1 Å². The first-order chi connectivity index (χ1) is 10.2. The number of hydrogen-bond acceptors (Lipinski definition) is 4. The van der Waals surface area contributed by atoms with Crippen LogP contribution >= 0.6 is 0 Å². The largest absolute Gasteiger partial charge is 0.316 e. The highest BCUT2D eigenvalue weighted by Gasteiger charge is 2.28. The Hall–Kier alpha value is -1.69. The Labute approximate surface area is 124 Å². The molecule has 0 amide bonds. The molecule has 2 unspecified atom stereocenters. The van der Waals surface area contributed by atoms with Crippen LogP contribution in [0.2, 0.25) is 0 Å². The van der Waals surface area contributed by atoms with E-state index < -0.39 is 0 Å². The number of aromatic nitrogens is 4. The molecule has 0 saturated carbocycles. The average molecular weight is 289 g/mol. The van der Waals surface area contributed by atoms with Crippen LogP contribution in [0.3, 0.4) is 0 Å². The number of H-pyrrole nitrogens is 1. The standard InChI is InChI=1S/C15H23N5O/c1-4-10(5-2)14-17-8-12-15(21)18-13(19-20(12)14)11-7-16-6-9(11)3/h8-11,16H,4-7H2,1-3H3,(H,18,19,21). The van der Waals surface area contributed by atoms with Gasteiger partial charge in [-0.25, -0.2) is 9.50 Å². The van der Waals surface area contributed by atoms with Crippen LogP contribution in [-0.2, 0) is 0 Å². The summed E-state index contributed by atoms with van der Waals surface area (Å²) >= 11 is 0. The highest BCUT2D eigenvalue weighted by molar-refractivity contribution is 5.42. The summed E-state index contributed by atoms with van der Waals surface area (Å²) in [7, 11) is 0. The van der Waals surface area contributed by atoms with Crippen LogP contribution in [0.5, 0.6) is 0 Å². The summed E-state index contributed by atoms with van der Waals surface area (Å²) in [6.45, 7) is 8.31. The Morgan fingerprint density at radius 1 is 1.38 bits per heavy atom. The summed E-state index contributed by atoms with van der Waals surface area (Å²) in [6, 6.07) is 0. The number of rotatable bonds is 4. The van der Waals surface area contributed by atoms with Gasteiger partial charge in [0.05, 0.1) is 6.20 Å². The second-order valence-corrected chi connectivity index (χ2v) is 6.01. The second-order valence-electron chi connectivity index (χ2n) is 6.01. The summed E-state index contributed by atoms with van der Waals surface area (Å²) in [5, 5.41) is 8.06. The van der Waals surface area contributed by atoms with Crippen LogP contribution < -0.4 is 10.9 Å². The van der Waals surface area contributed by atoms with Crippen LogP contribution in [0.15, 0.2) is 11.0 Å². The molecule has 1 saturated heterocycles. The molecule has 6 heteroatoms. The fourth-order valence-electron chi connectivity index (χ4n) is 3.21. The Kier molecular flexibility index (Phi) is 3.80. The van der Waals surface area contributed by atoms with Gasteiger partial charge >= 0.3 is 0 Å². The zero-order chi connectivity index (χ0) is 15.0. The molecule has 2 atom stereocenters. The van der Waals surface area contributed by atoms with Crippen molar-refractivity contribution in [1.82, 2.24) is 24.9 Å². The van der Waals surface area contributed by atoms with Crippen LogP contribution in [0.25, 0.3) is 5.52 Å². The van der Waals surface area contributed by atoms with Gasteiger partial charge < -0.3 is 10.3 Å². The van der Waals surface area contributed by atoms with Crippen molar-refractivity contribution >= 4 is 5.52 Å². The van der Waals surface area contributed by atoms with Gasteiger partial charge in [-0.3, -0.25) is 4.79 Å². The van der Waals surface area contributed by atoms with Gasteiger partial charge in [-0.1, -0.05) is 20.8 Å². The van der Waals surface area contributed by atoms with Crippen LogP contribution in [-0.4, -0.2) is 32.7 Å². The minimum atomic E-state index is -0.0937. The van der Waals surface area contributed by atoms with Crippen molar-refractivity contribution < 1.29 is 0 Å². The minimum Gasteiger partial charge on any atom is -0.316 e. The molecule has 0 aromatic carbocycles. The normalized spacial score (nSPS) is 22.5. The van der Waals surface area contributed by atoms with Gasteiger partial charge in [0, 0.05) is 18.4 Å². The third-order valence-electron chi connectivity index (χ3n) is 4.67. The predicted octanol–water partition coefficient (Wildman–Crippen LogP) is 1.64. The molecule has 21 heavy (non-hydrogen) atoms. The lowest BCUT2D eigenvalue weighted by molar-refractivity contribution is 0.522. The number of nitrogens with zero attached hydrogens (tertiary/aromatic N) is 3. The molecule has 3 heterocycles. The number of hydrogen-bond donors (Lipinski definition) is 2. The lowest BCUT2D eigenvalue weighted by atomic mass is 9.97. The molecular weight excluding hydrogens is 266 g/mol. The maximum absolute atomic E-state index is 12.3. The van der Waals surface area contributed by atoms with E-state index in [1.165, 1.54) is 0 Å². The Morgan fingerprint density at radius 2 is 2.14 bits per heavy atom. The summed E-state index contributed by atoms with van der Waals surface area (Å²) in [5.74, 6) is 2.76. The van der Waals surface area contributed by atoms with Crippen molar-refractivity contribution in [2.45, 2.75) is 45.4 Å². The van der Waals surface area contributed by atoms with E-state index in [1.807, 2.05) is 0 Å². The van der Waals surface area contributed by atoms with E-state index >= 15 is 0 Å². The van der Waals surface area contributed by atoms with E-state index in [2.05, 4.69) is 36.1 Å². The fourth-order valence-corrected chi connectivity index (χ4v) is 3.21. The Morgan fingerprint density at radius 3 is 2.76 bits per heavy atom. The lowest BCUT2D eigenvalue weighted by Crippen LogP contribution is -2.22. The van der Waals surface area contributed by atoms with Gasteiger partial charge in [0.15, 0.2) is 5.52 Å². The highest BCUT2D eigenvalue weighted by Crippen LogP contribution is 2.25. The van der Waals surface area contributed by atoms with Gasteiger partial charge in [-0.05, 0) is 25.3 Å². The first-order valence-electron chi connectivity index (χ1n) is 7.84. The van der Waals surface area contributed by atoms with E-state index in [4.69, 9.17) is 5.10 Å². The summed E-state index contributed by atoms with van der Waals surface area (Å²) in [4.78, 5) is 19.7. The molecule has 114 valence electrons. The molecule has 0 spiro atoms. The zero-order valence-corrected chi connectivity index (χ0v) is 12.9. The van der Waals surface area contributed by atoms with Gasteiger partial charge in [0.25, 0.3) is 5.56 Å². The zero-order valence-electron chi connectivity index (χ0n) is 12.9. The molecule has 2 aromatic heterocycles. The van der Waals surface area contributed by atoms with E-state index in [0.717, 1.165) is 37.6 Å². The maximum Gasteiger partial charge on any atom is 0.276 e. The maximum atomic E-state index is 12.3. The van der Waals surface area contributed by atoms with Crippen LogP contribution in [0, 0.1) is 5.92 Å². The molecule has 1 fully saturated rings. The molecule has 0 bridgehead atoms. The third-order valence-corrected chi connectivity index (χ3v) is 4.67. The summed E-state index contributed by atoms with van der Waals surface area (Å²) in [5.41, 5.74) is 0.447. The molecular formula is C15H23N5O. The van der Waals surface area contributed by atoms with Gasteiger partial charge in [-0.2, -0.15) is 5.10 Å². The highest BCUT2D eigenvalue weighted by atomic mass is 16.1. The Balaban J connectivity index is 2.12. The molecule has 3 rings (SSSR count). The van der Waals surface area contributed by atoms with Crippen molar-refractivity contribution in [3.63, 3.8) is 0 Å². The van der Waals surface area contributed by atoms with Crippen LogP contribution in [0.1, 0.15) is 57.1 Å². The van der Waals surface area contributed by atoms with Gasteiger partial charge in [0.2, 0.25) is 0 Å². The van der Waals surface area contributed by atoms with Crippen molar-refractivity contribution in [2.24, 2.45) is 5.92 Å². The third kappa shape index (κ3) is 2.37. The molecule has 0 radical (unpaired) electrons. The molecule has 2 aromatic rings. The Bertz CT molecular complexity index is 685. The minimum absolute atomic E-state index is 0.0937. The summed E-state index contributed by atoms with van der Waals surface area (Å²) in [6.07, 6.45) is 3.64. The molecule has 2 N–H and O–H groups in total. The lowest BCUT2D eigenvalue weighted by Gasteiger charge is -2.15. The van der Waals surface area contributed by atoms with E-state index in [0.29, 0.717) is 17.4 Å². The topological polar surface area (TPSA) is 75.1 Å². The molecule has 0 aliphatic carbocycles. The predicted molar refractivity (Wildman–Crippen MR) is 81.7 cm³/mol. The van der Waals surface area contributed by atoms with Gasteiger partial charge in [0.1, 0.15) is 11.6 Å². The van der Waals surface area contributed by atoms with Crippen molar-refractivity contribution in [3.8, 4) is 0 Å². The fraction of sp³-hybridized carbons (Fsp3) is 0.667. The van der Waals surface area contributed by atoms with E-state index in [1.54, 1.807) is 10.7 Å². The average Bonchev–Trinajstić information content (AvgIpc) is 3.07. The van der Waals surface area contributed by atoms with Crippen molar-refractivity contribution in [3.05, 3.63) is 28.2 Å². The van der Waals surface area contributed by atoms with E-state index in [-0.39, 0.29) is 11.5 Å². The monoisotopic (exact) mass is 289 g/mol. The second kappa shape index (κ2) is 5.60. The SMILES string of the molecule is CCC(CC)c1ncc2c(=O)[nH]c(C3CNCC3C)nn12.